The van der Waals surface area contributed by atoms with E-state index in [1.54, 1.807) is 6.20 Å². The summed E-state index contributed by atoms with van der Waals surface area (Å²) in [5.41, 5.74) is 0. The predicted octanol–water partition coefficient (Wildman–Crippen LogP) is 0.504. The van der Waals surface area contributed by atoms with Crippen molar-refractivity contribution in [2.45, 2.75) is 11.7 Å². The average molecular weight is 213 g/mol. The Bertz CT molecular complexity index is 283. The summed E-state index contributed by atoms with van der Waals surface area (Å²) in [5.74, 6) is 0. The molecule has 0 aromatic carbocycles. The molecule has 1 fully saturated rings. The van der Waals surface area contributed by atoms with Gasteiger partial charge in [-0.1, -0.05) is 0 Å². The van der Waals surface area contributed by atoms with Gasteiger partial charge in [0.15, 0.2) is 5.16 Å². The van der Waals surface area contributed by atoms with Crippen LogP contribution in [-0.2, 0) is 11.3 Å². The minimum Gasteiger partial charge on any atom is -0.379 e. The number of thiol groups is 1. The van der Waals surface area contributed by atoms with Crippen molar-refractivity contribution in [2.24, 2.45) is 0 Å². The van der Waals surface area contributed by atoms with Gasteiger partial charge in [0.2, 0.25) is 0 Å². The maximum absolute atomic E-state index is 5.28. The average Bonchev–Trinajstić information content (AvgIpc) is 2.63. The normalized spacial score (nSPS) is 18.6. The van der Waals surface area contributed by atoms with Crippen LogP contribution in [0.5, 0.6) is 0 Å². The molecule has 2 heterocycles. The van der Waals surface area contributed by atoms with Crippen LogP contribution in [0.4, 0.5) is 0 Å². The zero-order chi connectivity index (χ0) is 9.80. The number of nitrogens with zero attached hydrogens (tertiary/aromatic N) is 3. The molecular weight excluding hydrogens is 198 g/mol. The third kappa shape index (κ3) is 2.50. The van der Waals surface area contributed by atoms with Gasteiger partial charge >= 0.3 is 0 Å². The van der Waals surface area contributed by atoms with Gasteiger partial charge in [-0.2, -0.15) is 0 Å². The van der Waals surface area contributed by atoms with Crippen LogP contribution >= 0.6 is 12.6 Å². The van der Waals surface area contributed by atoms with E-state index in [4.69, 9.17) is 4.74 Å². The summed E-state index contributed by atoms with van der Waals surface area (Å²) in [4.78, 5) is 6.46. The van der Waals surface area contributed by atoms with E-state index in [2.05, 4.69) is 27.1 Å². The Morgan fingerprint density at radius 1 is 1.36 bits per heavy atom. The van der Waals surface area contributed by atoms with Crippen LogP contribution in [0.15, 0.2) is 17.6 Å². The number of imidazole rings is 1. The Labute approximate surface area is 89.3 Å². The van der Waals surface area contributed by atoms with E-state index in [-0.39, 0.29) is 0 Å². The number of ether oxygens (including phenoxy) is 1. The zero-order valence-corrected chi connectivity index (χ0v) is 8.99. The van der Waals surface area contributed by atoms with Crippen molar-refractivity contribution in [2.75, 3.05) is 32.8 Å². The summed E-state index contributed by atoms with van der Waals surface area (Å²) >= 11 is 4.26. The molecule has 0 N–H and O–H groups in total. The molecule has 0 aliphatic carbocycles. The highest BCUT2D eigenvalue weighted by atomic mass is 32.1. The molecule has 78 valence electrons. The maximum Gasteiger partial charge on any atom is 0.164 e. The molecule has 1 aromatic heterocycles. The monoisotopic (exact) mass is 213 g/mol. The van der Waals surface area contributed by atoms with Crippen LogP contribution in [0.25, 0.3) is 0 Å². The van der Waals surface area contributed by atoms with Gasteiger partial charge in [-0.3, -0.25) is 4.90 Å². The molecule has 1 aliphatic heterocycles. The van der Waals surface area contributed by atoms with E-state index in [0.29, 0.717) is 0 Å². The largest absolute Gasteiger partial charge is 0.379 e. The van der Waals surface area contributed by atoms with Gasteiger partial charge < -0.3 is 9.30 Å². The summed E-state index contributed by atoms with van der Waals surface area (Å²) in [6.07, 6.45) is 3.74. The van der Waals surface area contributed by atoms with E-state index < -0.39 is 0 Å². The quantitative estimate of drug-likeness (QED) is 0.742. The van der Waals surface area contributed by atoms with Crippen LogP contribution in [0.2, 0.25) is 0 Å². The second-order valence-corrected chi connectivity index (χ2v) is 3.77. The fourth-order valence-corrected chi connectivity index (χ4v) is 1.80. The first-order valence-corrected chi connectivity index (χ1v) is 5.31. The summed E-state index contributed by atoms with van der Waals surface area (Å²) < 4.78 is 7.34. The van der Waals surface area contributed by atoms with Crippen molar-refractivity contribution < 1.29 is 4.74 Å². The SMILES string of the molecule is Sc1nccn1CCN1CCOCC1. The summed E-state index contributed by atoms with van der Waals surface area (Å²) in [7, 11) is 0. The molecule has 1 aliphatic rings. The molecular formula is C9H15N3OS. The zero-order valence-electron chi connectivity index (χ0n) is 8.09. The van der Waals surface area contributed by atoms with E-state index >= 15 is 0 Å². The highest BCUT2D eigenvalue weighted by Crippen LogP contribution is 2.03. The van der Waals surface area contributed by atoms with E-state index in [1.807, 2.05) is 6.20 Å². The highest BCUT2D eigenvalue weighted by Gasteiger charge is 2.09. The first kappa shape index (κ1) is 10.0. The molecule has 0 unspecified atom stereocenters. The van der Waals surface area contributed by atoms with Gasteiger partial charge in [0, 0.05) is 38.6 Å². The Morgan fingerprint density at radius 3 is 2.79 bits per heavy atom. The van der Waals surface area contributed by atoms with Crippen LogP contribution in [0.1, 0.15) is 0 Å². The van der Waals surface area contributed by atoms with Crippen LogP contribution in [-0.4, -0.2) is 47.3 Å². The van der Waals surface area contributed by atoms with Crippen molar-refractivity contribution in [3.8, 4) is 0 Å². The molecule has 14 heavy (non-hydrogen) atoms. The Hall–Kier alpha value is -0.520. The third-order valence-corrected chi connectivity index (χ3v) is 2.83. The maximum atomic E-state index is 5.28. The molecule has 1 saturated heterocycles. The molecule has 0 amide bonds. The lowest BCUT2D eigenvalue weighted by Gasteiger charge is -2.26. The van der Waals surface area contributed by atoms with Gasteiger partial charge in [0.05, 0.1) is 13.2 Å². The Morgan fingerprint density at radius 2 is 2.14 bits per heavy atom. The minimum absolute atomic E-state index is 0.790. The van der Waals surface area contributed by atoms with E-state index in [0.717, 1.165) is 44.5 Å². The summed E-state index contributed by atoms with van der Waals surface area (Å²) in [6, 6.07) is 0. The lowest BCUT2D eigenvalue weighted by atomic mass is 10.4. The molecule has 0 atom stereocenters. The molecule has 4 nitrogen and oxygen atoms in total. The second-order valence-electron chi connectivity index (χ2n) is 3.37. The number of hydrogen-bond acceptors (Lipinski definition) is 4. The highest BCUT2D eigenvalue weighted by molar-refractivity contribution is 7.80. The van der Waals surface area contributed by atoms with Gasteiger partial charge in [0.1, 0.15) is 0 Å². The smallest absolute Gasteiger partial charge is 0.164 e. The minimum atomic E-state index is 0.790. The molecule has 0 spiro atoms. The fourth-order valence-electron chi connectivity index (χ4n) is 1.57. The van der Waals surface area contributed by atoms with Gasteiger partial charge in [-0.05, 0) is 0 Å². The van der Waals surface area contributed by atoms with Crippen molar-refractivity contribution >= 4 is 12.6 Å². The van der Waals surface area contributed by atoms with Crippen LogP contribution in [0, 0.1) is 0 Å². The van der Waals surface area contributed by atoms with Gasteiger partial charge in [-0.15, -0.1) is 12.6 Å². The molecule has 0 radical (unpaired) electrons. The lowest BCUT2D eigenvalue weighted by molar-refractivity contribution is 0.0361. The predicted molar refractivity (Wildman–Crippen MR) is 56.7 cm³/mol. The molecule has 0 bridgehead atoms. The Kier molecular flexibility index (Phi) is 3.44. The summed E-state index contributed by atoms with van der Waals surface area (Å²) in [5, 5.41) is 0.790. The molecule has 1 aromatic rings. The number of morpholine rings is 1. The van der Waals surface area contributed by atoms with Crippen LogP contribution < -0.4 is 0 Å². The first-order valence-electron chi connectivity index (χ1n) is 4.86. The van der Waals surface area contributed by atoms with Crippen molar-refractivity contribution in [1.29, 1.82) is 0 Å². The first-order chi connectivity index (χ1) is 6.86. The third-order valence-electron chi connectivity index (χ3n) is 2.45. The number of aromatic nitrogens is 2. The topological polar surface area (TPSA) is 30.3 Å². The lowest BCUT2D eigenvalue weighted by Crippen LogP contribution is -2.38. The Balaban J connectivity index is 1.79. The van der Waals surface area contributed by atoms with Gasteiger partial charge in [-0.25, -0.2) is 4.98 Å². The molecule has 2 rings (SSSR count). The van der Waals surface area contributed by atoms with E-state index in [9.17, 15) is 0 Å². The molecule has 0 saturated carbocycles. The molecule has 5 heteroatoms. The number of rotatable bonds is 3. The fraction of sp³-hybridized carbons (Fsp3) is 0.667. The van der Waals surface area contributed by atoms with Crippen molar-refractivity contribution in [3.63, 3.8) is 0 Å². The van der Waals surface area contributed by atoms with Crippen molar-refractivity contribution in [3.05, 3.63) is 12.4 Å². The summed E-state index contributed by atoms with van der Waals surface area (Å²) in [6.45, 7) is 5.80. The van der Waals surface area contributed by atoms with Gasteiger partial charge in [0.25, 0.3) is 0 Å². The van der Waals surface area contributed by atoms with Crippen LogP contribution in [0.3, 0.4) is 0 Å². The standard InChI is InChI=1S/C9H15N3OS/c14-9-10-1-2-12(9)4-3-11-5-7-13-8-6-11/h1-2H,3-8H2,(H,10,14). The number of hydrogen-bond donors (Lipinski definition) is 1. The second kappa shape index (κ2) is 4.82. The van der Waals surface area contributed by atoms with E-state index in [1.165, 1.54) is 0 Å². The van der Waals surface area contributed by atoms with Crippen molar-refractivity contribution in [1.82, 2.24) is 14.5 Å².